The molecule has 70 valence electrons. The van der Waals surface area contributed by atoms with Crippen molar-refractivity contribution in [2.75, 3.05) is 44.2 Å². The summed E-state index contributed by atoms with van der Waals surface area (Å²) >= 11 is 2.07. The van der Waals surface area contributed by atoms with Crippen LogP contribution in [0.15, 0.2) is 0 Å². The van der Waals surface area contributed by atoms with Gasteiger partial charge >= 0.3 is 0 Å². The molecule has 1 atom stereocenters. The Balaban J connectivity index is 1.80. The van der Waals surface area contributed by atoms with Gasteiger partial charge in [-0.3, -0.25) is 4.90 Å². The number of piperazine rings is 1. The number of nitrogens with one attached hydrogen (secondary N) is 2. The fourth-order valence-corrected chi connectivity index (χ4v) is 2.76. The maximum absolute atomic E-state index is 3.57. The lowest BCUT2D eigenvalue weighted by molar-refractivity contribution is 0.161. The highest BCUT2D eigenvalue weighted by Gasteiger charge is 2.21. The molecule has 2 heterocycles. The third kappa shape index (κ3) is 2.13. The molecule has 4 heteroatoms. The van der Waals surface area contributed by atoms with E-state index >= 15 is 0 Å². The zero-order valence-electron chi connectivity index (χ0n) is 7.38. The minimum Gasteiger partial charge on any atom is -0.314 e. The number of hydrogen-bond donors (Lipinski definition) is 2. The standard InChI is InChI=1S/C8H17N3S/c1-4-11(5-2-9-1)8-7-12-6-3-10-8/h8-10H,1-7H2. The van der Waals surface area contributed by atoms with Crippen molar-refractivity contribution in [2.45, 2.75) is 6.17 Å². The Morgan fingerprint density at radius 3 is 2.67 bits per heavy atom. The van der Waals surface area contributed by atoms with Crippen LogP contribution in [-0.2, 0) is 0 Å². The molecule has 0 aromatic rings. The summed E-state index contributed by atoms with van der Waals surface area (Å²) in [5, 5.41) is 6.94. The summed E-state index contributed by atoms with van der Waals surface area (Å²) in [5.74, 6) is 2.54. The van der Waals surface area contributed by atoms with Gasteiger partial charge in [-0.15, -0.1) is 0 Å². The Kier molecular flexibility index (Phi) is 3.28. The molecule has 2 fully saturated rings. The molecule has 1 unspecified atom stereocenters. The quantitative estimate of drug-likeness (QED) is 0.582. The van der Waals surface area contributed by atoms with Crippen molar-refractivity contribution in [2.24, 2.45) is 0 Å². The smallest absolute Gasteiger partial charge is 0.0691 e. The van der Waals surface area contributed by atoms with E-state index in [1.807, 2.05) is 0 Å². The Hall–Kier alpha value is 0.230. The summed E-state index contributed by atoms with van der Waals surface area (Å²) in [6, 6.07) is 0. The predicted molar refractivity (Wildman–Crippen MR) is 53.6 cm³/mol. The second-order valence-electron chi connectivity index (χ2n) is 3.33. The summed E-state index contributed by atoms with van der Waals surface area (Å²) in [5.41, 5.74) is 0. The van der Waals surface area contributed by atoms with Crippen molar-refractivity contribution in [3.8, 4) is 0 Å². The van der Waals surface area contributed by atoms with Gasteiger partial charge in [-0.2, -0.15) is 11.8 Å². The molecule has 12 heavy (non-hydrogen) atoms. The van der Waals surface area contributed by atoms with Crippen molar-refractivity contribution in [3.05, 3.63) is 0 Å². The average Bonchev–Trinajstić information content (AvgIpc) is 2.21. The van der Waals surface area contributed by atoms with Crippen LogP contribution in [0.4, 0.5) is 0 Å². The van der Waals surface area contributed by atoms with Crippen molar-refractivity contribution in [1.29, 1.82) is 0 Å². The van der Waals surface area contributed by atoms with E-state index in [4.69, 9.17) is 0 Å². The summed E-state index contributed by atoms with van der Waals surface area (Å²) in [4.78, 5) is 2.56. The van der Waals surface area contributed by atoms with E-state index in [2.05, 4.69) is 27.3 Å². The Morgan fingerprint density at radius 1 is 1.17 bits per heavy atom. The molecule has 2 saturated heterocycles. The van der Waals surface area contributed by atoms with Crippen LogP contribution < -0.4 is 10.6 Å². The molecule has 2 aliphatic heterocycles. The average molecular weight is 187 g/mol. The fourth-order valence-electron chi connectivity index (χ4n) is 1.78. The first-order valence-corrected chi connectivity index (χ1v) is 5.88. The van der Waals surface area contributed by atoms with Crippen molar-refractivity contribution >= 4 is 11.8 Å². The molecule has 0 radical (unpaired) electrons. The molecule has 0 spiro atoms. The zero-order valence-corrected chi connectivity index (χ0v) is 8.20. The van der Waals surface area contributed by atoms with Gasteiger partial charge in [-0.25, -0.2) is 0 Å². The monoisotopic (exact) mass is 187 g/mol. The number of thioether (sulfide) groups is 1. The summed E-state index contributed by atoms with van der Waals surface area (Å²) in [7, 11) is 0. The molecule has 2 rings (SSSR count). The van der Waals surface area contributed by atoms with Gasteiger partial charge in [-0.1, -0.05) is 0 Å². The second-order valence-corrected chi connectivity index (χ2v) is 4.48. The van der Waals surface area contributed by atoms with Gasteiger partial charge in [0.15, 0.2) is 0 Å². The fraction of sp³-hybridized carbons (Fsp3) is 1.00. The Labute approximate surface area is 78.3 Å². The molecule has 2 aliphatic rings. The molecule has 0 bridgehead atoms. The van der Waals surface area contributed by atoms with E-state index in [9.17, 15) is 0 Å². The van der Waals surface area contributed by atoms with Crippen molar-refractivity contribution in [3.63, 3.8) is 0 Å². The number of nitrogens with zero attached hydrogens (tertiary/aromatic N) is 1. The lowest BCUT2D eigenvalue weighted by Gasteiger charge is -2.37. The third-order valence-electron chi connectivity index (χ3n) is 2.49. The van der Waals surface area contributed by atoms with Gasteiger partial charge in [0, 0.05) is 44.2 Å². The highest BCUT2D eigenvalue weighted by molar-refractivity contribution is 7.99. The Morgan fingerprint density at radius 2 is 2.00 bits per heavy atom. The van der Waals surface area contributed by atoms with Gasteiger partial charge in [0.2, 0.25) is 0 Å². The van der Waals surface area contributed by atoms with E-state index in [1.54, 1.807) is 0 Å². The highest BCUT2D eigenvalue weighted by Crippen LogP contribution is 2.11. The first kappa shape index (κ1) is 8.81. The van der Waals surface area contributed by atoms with Crippen LogP contribution >= 0.6 is 11.8 Å². The number of rotatable bonds is 1. The SMILES string of the molecule is C1CN(C2CSCCN2)CCN1. The molecule has 0 amide bonds. The van der Waals surface area contributed by atoms with Crippen molar-refractivity contribution < 1.29 is 0 Å². The topological polar surface area (TPSA) is 27.3 Å². The first-order valence-electron chi connectivity index (χ1n) is 4.73. The molecular formula is C8H17N3S. The maximum atomic E-state index is 3.57. The van der Waals surface area contributed by atoms with E-state index in [1.165, 1.54) is 31.1 Å². The van der Waals surface area contributed by atoms with Crippen LogP contribution in [-0.4, -0.2) is 55.3 Å². The van der Waals surface area contributed by atoms with Gasteiger partial charge in [-0.05, 0) is 0 Å². The highest BCUT2D eigenvalue weighted by atomic mass is 32.2. The summed E-state index contributed by atoms with van der Waals surface area (Å²) < 4.78 is 0. The molecule has 0 aromatic carbocycles. The van der Waals surface area contributed by atoms with Crippen LogP contribution in [0.3, 0.4) is 0 Å². The van der Waals surface area contributed by atoms with Crippen LogP contribution in [0.2, 0.25) is 0 Å². The van der Waals surface area contributed by atoms with E-state index in [0.29, 0.717) is 6.17 Å². The second kappa shape index (κ2) is 4.46. The van der Waals surface area contributed by atoms with Crippen molar-refractivity contribution in [1.82, 2.24) is 15.5 Å². The van der Waals surface area contributed by atoms with Gasteiger partial charge < -0.3 is 10.6 Å². The number of hydrogen-bond acceptors (Lipinski definition) is 4. The van der Waals surface area contributed by atoms with Crippen LogP contribution in [0.25, 0.3) is 0 Å². The molecule has 0 aromatic heterocycles. The minimum absolute atomic E-state index is 0.644. The van der Waals surface area contributed by atoms with Gasteiger partial charge in [0.05, 0.1) is 6.17 Å². The molecule has 0 aliphatic carbocycles. The summed E-state index contributed by atoms with van der Waals surface area (Å²) in [6.07, 6.45) is 0.644. The molecule has 0 saturated carbocycles. The maximum Gasteiger partial charge on any atom is 0.0691 e. The van der Waals surface area contributed by atoms with E-state index in [-0.39, 0.29) is 0 Å². The first-order chi connectivity index (χ1) is 5.97. The third-order valence-corrected chi connectivity index (χ3v) is 3.54. The normalized spacial score (nSPS) is 33.5. The Bertz CT molecular complexity index is 114. The van der Waals surface area contributed by atoms with Crippen LogP contribution in [0.5, 0.6) is 0 Å². The van der Waals surface area contributed by atoms with Gasteiger partial charge in [0.25, 0.3) is 0 Å². The van der Waals surface area contributed by atoms with Gasteiger partial charge in [0.1, 0.15) is 0 Å². The minimum atomic E-state index is 0.644. The van der Waals surface area contributed by atoms with E-state index < -0.39 is 0 Å². The molecular weight excluding hydrogens is 170 g/mol. The zero-order chi connectivity index (χ0) is 8.23. The van der Waals surface area contributed by atoms with Crippen LogP contribution in [0.1, 0.15) is 0 Å². The lowest BCUT2D eigenvalue weighted by atomic mass is 10.3. The lowest BCUT2D eigenvalue weighted by Crippen LogP contribution is -2.56. The largest absolute Gasteiger partial charge is 0.314 e. The van der Waals surface area contributed by atoms with E-state index in [0.717, 1.165) is 13.1 Å². The molecule has 2 N–H and O–H groups in total. The predicted octanol–water partition coefficient (Wildman–Crippen LogP) is -0.446. The molecule has 3 nitrogen and oxygen atoms in total. The summed E-state index contributed by atoms with van der Waals surface area (Å²) in [6.45, 7) is 5.90. The van der Waals surface area contributed by atoms with Crippen LogP contribution in [0, 0.1) is 0 Å².